The second kappa shape index (κ2) is 4.90. The van der Waals surface area contributed by atoms with E-state index < -0.39 is 24.0 Å². The highest BCUT2D eigenvalue weighted by molar-refractivity contribution is 5.96. The minimum absolute atomic E-state index is 0.383. The van der Waals surface area contributed by atoms with Gasteiger partial charge in [0.25, 0.3) is 0 Å². The predicted octanol–water partition coefficient (Wildman–Crippen LogP) is -0.666. The topological polar surface area (TPSA) is 125 Å². The molecule has 0 saturated carbocycles. The van der Waals surface area contributed by atoms with Gasteiger partial charge in [0.05, 0.1) is 12.0 Å². The number of anilines is 1. The maximum absolute atomic E-state index is 10.7. The van der Waals surface area contributed by atoms with E-state index in [1.54, 1.807) is 17.0 Å². The minimum Gasteiger partial charge on any atom is -0.394 e. The zero-order chi connectivity index (χ0) is 16.2. The van der Waals surface area contributed by atoms with E-state index in [0.717, 1.165) is 10.9 Å². The van der Waals surface area contributed by atoms with Crippen molar-refractivity contribution in [3.63, 3.8) is 0 Å². The average Bonchev–Trinajstić information content (AvgIpc) is 2.90. The summed E-state index contributed by atoms with van der Waals surface area (Å²) in [7, 11) is 0. The van der Waals surface area contributed by atoms with Gasteiger partial charge in [-0.15, -0.1) is 0 Å². The van der Waals surface area contributed by atoms with Gasteiger partial charge in [-0.2, -0.15) is 0 Å². The highest BCUT2D eigenvalue weighted by Gasteiger charge is 2.53. The quantitative estimate of drug-likeness (QED) is 0.494. The van der Waals surface area contributed by atoms with Crippen LogP contribution in [-0.2, 0) is 4.74 Å². The van der Waals surface area contributed by atoms with Crippen molar-refractivity contribution in [1.82, 2.24) is 20.0 Å². The molecule has 9 nitrogen and oxygen atoms in total. The molecule has 0 spiro atoms. The molecule has 1 fully saturated rings. The molecule has 0 amide bonds. The molecule has 2 aliphatic rings. The Kier molecular flexibility index (Phi) is 3.07. The van der Waals surface area contributed by atoms with Crippen molar-refractivity contribution in [3.05, 3.63) is 24.3 Å². The highest BCUT2D eigenvalue weighted by atomic mass is 16.6. The van der Waals surface area contributed by atoms with Gasteiger partial charge in [-0.1, -0.05) is 0 Å². The lowest BCUT2D eigenvalue weighted by molar-refractivity contribution is -0.0948. The smallest absolute Gasteiger partial charge is 0.167 e. The lowest BCUT2D eigenvalue weighted by Crippen LogP contribution is -2.44. The van der Waals surface area contributed by atoms with E-state index in [0.29, 0.717) is 11.5 Å². The van der Waals surface area contributed by atoms with Crippen LogP contribution in [0.2, 0.25) is 0 Å². The van der Waals surface area contributed by atoms with E-state index in [4.69, 9.17) is 4.74 Å². The van der Waals surface area contributed by atoms with Crippen molar-refractivity contribution in [2.75, 3.05) is 12.0 Å². The first-order valence-corrected chi connectivity index (χ1v) is 7.24. The number of ether oxygens (including phenoxy) is 1. The van der Waals surface area contributed by atoms with E-state index in [9.17, 15) is 15.3 Å². The van der Waals surface area contributed by atoms with Gasteiger partial charge in [0.15, 0.2) is 12.0 Å². The molecule has 0 aliphatic carbocycles. The Morgan fingerprint density at radius 1 is 1.43 bits per heavy atom. The standard InChI is InChI=1S/C14H17N5O4/c1-14(22)10(21)8(5-20)23-13(14)19-4-7-2-3-17-18-11-9(7)12(19)16-6-15-11/h2-4,6,8,10,13,17,20-22H,5H2,1H3,(H,15,16,18)/t8-,10-,13-,14-/m1/s1. The number of hydrogen-bond donors (Lipinski definition) is 5. The van der Waals surface area contributed by atoms with Crippen LogP contribution in [0, 0.1) is 0 Å². The van der Waals surface area contributed by atoms with Gasteiger partial charge >= 0.3 is 0 Å². The summed E-state index contributed by atoms with van der Waals surface area (Å²) in [6.45, 7) is 1.10. The molecule has 4 heterocycles. The Labute approximate surface area is 131 Å². The summed E-state index contributed by atoms with van der Waals surface area (Å²) in [5.74, 6) is 0.602. The number of hydrazine groups is 1. The zero-order valence-corrected chi connectivity index (χ0v) is 12.3. The number of aromatic nitrogens is 3. The van der Waals surface area contributed by atoms with Crippen LogP contribution in [0.4, 0.5) is 5.82 Å². The molecule has 0 unspecified atom stereocenters. The second-order valence-corrected chi connectivity index (χ2v) is 5.90. The molecule has 2 aromatic rings. The first kappa shape index (κ1) is 14.4. The van der Waals surface area contributed by atoms with Gasteiger partial charge in [-0.25, -0.2) is 9.97 Å². The number of nitrogens with zero attached hydrogens (tertiary/aromatic N) is 3. The fourth-order valence-corrected chi connectivity index (χ4v) is 3.14. The summed E-state index contributed by atoms with van der Waals surface area (Å²) in [4.78, 5) is 8.48. The van der Waals surface area contributed by atoms with Gasteiger partial charge in [0.1, 0.15) is 29.8 Å². The molecule has 4 rings (SSSR count). The molecule has 1 saturated heterocycles. The van der Waals surface area contributed by atoms with Crippen LogP contribution in [0.15, 0.2) is 18.7 Å². The largest absolute Gasteiger partial charge is 0.394 e. The van der Waals surface area contributed by atoms with Crippen LogP contribution < -0.4 is 10.9 Å². The van der Waals surface area contributed by atoms with Gasteiger partial charge in [0.2, 0.25) is 0 Å². The number of rotatable bonds is 2. The van der Waals surface area contributed by atoms with Gasteiger partial charge in [0, 0.05) is 18.0 Å². The molecule has 0 bridgehead atoms. The van der Waals surface area contributed by atoms with Crippen LogP contribution in [0.25, 0.3) is 17.1 Å². The van der Waals surface area contributed by atoms with Crippen molar-refractivity contribution in [1.29, 1.82) is 0 Å². The molecular formula is C14H17N5O4. The summed E-state index contributed by atoms with van der Waals surface area (Å²) in [6, 6.07) is 0. The fourth-order valence-electron chi connectivity index (χ4n) is 3.14. The van der Waals surface area contributed by atoms with Gasteiger partial charge < -0.3 is 30.0 Å². The maximum atomic E-state index is 10.7. The number of aliphatic hydroxyl groups is 3. The molecule has 0 radical (unpaired) electrons. The van der Waals surface area contributed by atoms with Crippen LogP contribution in [0.5, 0.6) is 0 Å². The molecule has 5 N–H and O–H groups in total. The molecule has 4 atom stereocenters. The molecule has 0 aromatic carbocycles. The number of nitrogens with one attached hydrogen (secondary N) is 2. The van der Waals surface area contributed by atoms with E-state index >= 15 is 0 Å². The summed E-state index contributed by atoms with van der Waals surface area (Å²) in [5, 5.41) is 30.9. The number of aliphatic hydroxyl groups excluding tert-OH is 2. The zero-order valence-electron chi connectivity index (χ0n) is 12.3. The van der Waals surface area contributed by atoms with Crippen LogP contribution in [-0.4, -0.2) is 54.3 Å². The Hall–Kier alpha value is -2.20. The molecular weight excluding hydrogens is 302 g/mol. The molecule has 9 heteroatoms. The van der Waals surface area contributed by atoms with E-state index in [2.05, 4.69) is 20.8 Å². The summed E-state index contributed by atoms with van der Waals surface area (Å²) in [5.41, 5.74) is 5.66. The minimum atomic E-state index is -1.57. The fraction of sp³-hybridized carbons (Fsp3) is 0.429. The third-order valence-corrected chi connectivity index (χ3v) is 4.36. The van der Waals surface area contributed by atoms with Gasteiger partial charge in [-0.3, -0.25) is 5.43 Å². The van der Waals surface area contributed by atoms with Crippen molar-refractivity contribution in [3.8, 4) is 0 Å². The van der Waals surface area contributed by atoms with Crippen LogP contribution >= 0.6 is 0 Å². The van der Waals surface area contributed by atoms with Crippen molar-refractivity contribution in [2.45, 2.75) is 31.0 Å². The van der Waals surface area contributed by atoms with Crippen LogP contribution in [0.1, 0.15) is 18.7 Å². The normalized spacial score (nSPS) is 32.6. The Balaban J connectivity index is 1.90. The second-order valence-electron chi connectivity index (χ2n) is 5.90. The Morgan fingerprint density at radius 3 is 3.00 bits per heavy atom. The van der Waals surface area contributed by atoms with Gasteiger partial charge in [-0.05, 0) is 13.0 Å². The lowest BCUT2D eigenvalue weighted by atomic mass is 9.96. The average molecular weight is 319 g/mol. The predicted molar refractivity (Wildman–Crippen MR) is 80.9 cm³/mol. The number of hydrogen-bond acceptors (Lipinski definition) is 8. The Bertz CT molecular complexity index is 787. The monoisotopic (exact) mass is 319 g/mol. The third-order valence-electron chi connectivity index (χ3n) is 4.36. The third kappa shape index (κ3) is 1.94. The molecule has 23 heavy (non-hydrogen) atoms. The van der Waals surface area contributed by atoms with Crippen molar-refractivity contribution < 1.29 is 20.1 Å². The molecule has 2 aliphatic heterocycles. The van der Waals surface area contributed by atoms with E-state index in [-0.39, 0.29) is 6.61 Å². The Morgan fingerprint density at radius 2 is 2.26 bits per heavy atom. The lowest BCUT2D eigenvalue weighted by Gasteiger charge is -2.27. The highest BCUT2D eigenvalue weighted by Crippen LogP contribution is 2.41. The first-order valence-electron chi connectivity index (χ1n) is 7.24. The first-order chi connectivity index (χ1) is 11.0. The van der Waals surface area contributed by atoms with Crippen molar-refractivity contribution >= 4 is 22.9 Å². The maximum Gasteiger partial charge on any atom is 0.167 e. The molecule has 2 aromatic heterocycles. The summed E-state index contributed by atoms with van der Waals surface area (Å²) >= 11 is 0. The summed E-state index contributed by atoms with van der Waals surface area (Å²) < 4.78 is 7.33. The molecule has 122 valence electrons. The van der Waals surface area contributed by atoms with Crippen LogP contribution in [0.3, 0.4) is 0 Å². The SMILES string of the molecule is C[C@@]1(O)[C@H](O)[C@@H](CO)O[C@H]1n1cc2c3c(ncnc31)NNC=C2. The van der Waals surface area contributed by atoms with Crippen molar-refractivity contribution in [2.24, 2.45) is 0 Å². The van der Waals surface area contributed by atoms with E-state index in [1.165, 1.54) is 13.3 Å². The van der Waals surface area contributed by atoms with E-state index in [1.807, 2.05) is 6.08 Å². The summed E-state index contributed by atoms with van der Waals surface area (Å²) in [6.07, 6.45) is 3.80.